The van der Waals surface area contributed by atoms with Crippen LogP contribution < -0.4 is 0 Å². The van der Waals surface area contributed by atoms with E-state index in [0.717, 1.165) is 12.0 Å². The zero-order valence-electron chi connectivity index (χ0n) is 11.0. The van der Waals surface area contributed by atoms with Crippen LogP contribution in [0.15, 0.2) is 97.2 Å². The van der Waals surface area contributed by atoms with Crippen LogP contribution in [0.25, 0.3) is 5.57 Å². The van der Waals surface area contributed by atoms with Crippen LogP contribution in [0.4, 0.5) is 0 Å². The molecule has 0 aliphatic heterocycles. The first-order chi connectivity index (χ1) is 9.35. The zero-order chi connectivity index (χ0) is 13.5. The summed E-state index contributed by atoms with van der Waals surface area (Å²) in [4.78, 5) is 0. The van der Waals surface area contributed by atoms with Gasteiger partial charge in [-0.3, -0.25) is 0 Å². The summed E-state index contributed by atoms with van der Waals surface area (Å²) in [5, 5.41) is 0. The minimum Gasteiger partial charge on any atom is -0.0990 e. The lowest BCUT2D eigenvalue weighted by Gasteiger charge is -2.02. The molecule has 1 aromatic rings. The molecule has 0 bridgehead atoms. The van der Waals surface area contributed by atoms with Gasteiger partial charge in [0.15, 0.2) is 0 Å². The van der Waals surface area contributed by atoms with Crippen molar-refractivity contribution in [2.45, 2.75) is 6.42 Å². The molecule has 0 spiro atoms. The van der Waals surface area contributed by atoms with Crippen molar-refractivity contribution in [2.24, 2.45) is 0 Å². The molecule has 94 valence electrons. The SMILES string of the molecule is C=C/C=C(\C=C)C1=CCC=C(c2ccccc2)C=C1. The molecule has 0 heterocycles. The second-order valence-corrected chi connectivity index (χ2v) is 4.32. The number of hydrogen-bond acceptors (Lipinski definition) is 0. The Hall–Kier alpha value is -2.34. The fraction of sp³-hybridized carbons (Fsp3) is 0.0526. The fourth-order valence-corrected chi connectivity index (χ4v) is 2.10. The summed E-state index contributed by atoms with van der Waals surface area (Å²) in [6.45, 7) is 7.60. The van der Waals surface area contributed by atoms with Crippen molar-refractivity contribution in [3.05, 3.63) is 103 Å². The van der Waals surface area contributed by atoms with E-state index in [2.05, 4.69) is 61.7 Å². The predicted octanol–water partition coefficient (Wildman–Crippen LogP) is 5.25. The van der Waals surface area contributed by atoms with Crippen molar-refractivity contribution >= 4 is 5.57 Å². The Morgan fingerprint density at radius 2 is 1.79 bits per heavy atom. The minimum atomic E-state index is 0.925. The van der Waals surface area contributed by atoms with E-state index in [1.165, 1.54) is 16.7 Å². The molecule has 2 rings (SSSR count). The quantitative estimate of drug-likeness (QED) is 0.636. The third-order valence-corrected chi connectivity index (χ3v) is 3.08. The van der Waals surface area contributed by atoms with Gasteiger partial charge >= 0.3 is 0 Å². The van der Waals surface area contributed by atoms with Crippen molar-refractivity contribution in [2.75, 3.05) is 0 Å². The summed E-state index contributed by atoms with van der Waals surface area (Å²) in [6, 6.07) is 10.4. The van der Waals surface area contributed by atoms with Crippen LogP contribution >= 0.6 is 0 Å². The maximum Gasteiger partial charge on any atom is -0.0151 e. The second-order valence-electron chi connectivity index (χ2n) is 4.32. The first kappa shape index (κ1) is 13.1. The Morgan fingerprint density at radius 1 is 1.00 bits per heavy atom. The molecule has 0 fully saturated rings. The number of benzene rings is 1. The average Bonchev–Trinajstić information content (AvgIpc) is 2.71. The molecule has 0 atom stereocenters. The van der Waals surface area contributed by atoms with Gasteiger partial charge in [0.05, 0.1) is 0 Å². The van der Waals surface area contributed by atoms with Crippen LogP contribution in [0, 0.1) is 0 Å². The van der Waals surface area contributed by atoms with Crippen molar-refractivity contribution < 1.29 is 0 Å². The number of rotatable bonds is 4. The van der Waals surface area contributed by atoms with Crippen LogP contribution in [-0.4, -0.2) is 0 Å². The lowest BCUT2D eigenvalue weighted by atomic mass is 10.0. The van der Waals surface area contributed by atoms with Gasteiger partial charge in [0.25, 0.3) is 0 Å². The Bertz CT molecular complexity index is 578. The molecule has 0 saturated heterocycles. The van der Waals surface area contributed by atoms with Crippen LogP contribution in [0.3, 0.4) is 0 Å². The summed E-state index contributed by atoms with van der Waals surface area (Å²) in [5.41, 5.74) is 4.81. The maximum absolute atomic E-state index is 3.85. The molecule has 0 N–H and O–H groups in total. The topological polar surface area (TPSA) is 0 Å². The highest BCUT2D eigenvalue weighted by Crippen LogP contribution is 2.23. The Labute approximate surface area is 115 Å². The smallest absolute Gasteiger partial charge is 0.0151 e. The molecule has 0 saturated carbocycles. The van der Waals surface area contributed by atoms with E-state index in [1.54, 1.807) is 6.08 Å². The zero-order valence-corrected chi connectivity index (χ0v) is 11.0. The third kappa shape index (κ3) is 3.32. The molecule has 0 nitrogen and oxygen atoms in total. The highest BCUT2D eigenvalue weighted by molar-refractivity contribution is 5.76. The van der Waals surface area contributed by atoms with E-state index >= 15 is 0 Å². The summed E-state index contributed by atoms with van der Waals surface area (Å²) < 4.78 is 0. The maximum atomic E-state index is 3.85. The molecule has 1 aliphatic carbocycles. The highest BCUT2D eigenvalue weighted by Gasteiger charge is 2.03. The first-order valence-corrected chi connectivity index (χ1v) is 6.44. The van der Waals surface area contributed by atoms with E-state index in [0.29, 0.717) is 0 Å². The normalized spacial score (nSPS) is 15.3. The monoisotopic (exact) mass is 246 g/mol. The summed E-state index contributed by atoms with van der Waals surface area (Å²) in [5.74, 6) is 0. The summed E-state index contributed by atoms with van der Waals surface area (Å²) in [7, 11) is 0. The fourth-order valence-electron chi connectivity index (χ4n) is 2.10. The van der Waals surface area contributed by atoms with Crippen molar-refractivity contribution in [1.82, 2.24) is 0 Å². The van der Waals surface area contributed by atoms with Gasteiger partial charge in [0.2, 0.25) is 0 Å². The standard InChI is InChI=1S/C19H18/c1-3-9-16(4-2)18-12-8-13-19(15-14-18)17-10-6-5-7-11-17/h3-7,9-15H,1-2,8H2/b16-9+. The van der Waals surface area contributed by atoms with Crippen LogP contribution in [0.1, 0.15) is 12.0 Å². The van der Waals surface area contributed by atoms with Gasteiger partial charge < -0.3 is 0 Å². The van der Waals surface area contributed by atoms with E-state index < -0.39 is 0 Å². The second kappa shape index (κ2) is 6.55. The lowest BCUT2D eigenvalue weighted by molar-refractivity contribution is 1.36. The van der Waals surface area contributed by atoms with Gasteiger partial charge in [-0.05, 0) is 28.7 Å². The van der Waals surface area contributed by atoms with Crippen molar-refractivity contribution in [1.29, 1.82) is 0 Å². The van der Waals surface area contributed by atoms with Crippen LogP contribution in [-0.2, 0) is 0 Å². The molecule has 0 heteroatoms. The van der Waals surface area contributed by atoms with Gasteiger partial charge in [0, 0.05) is 0 Å². The minimum absolute atomic E-state index is 0.925. The van der Waals surface area contributed by atoms with E-state index in [1.807, 2.05) is 18.2 Å². The first-order valence-electron chi connectivity index (χ1n) is 6.44. The predicted molar refractivity (Wildman–Crippen MR) is 84.7 cm³/mol. The van der Waals surface area contributed by atoms with E-state index in [9.17, 15) is 0 Å². The van der Waals surface area contributed by atoms with Gasteiger partial charge in [-0.15, -0.1) is 0 Å². The van der Waals surface area contributed by atoms with Gasteiger partial charge in [-0.1, -0.05) is 86.0 Å². The molecule has 0 radical (unpaired) electrons. The Balaban J connectivity index is 2.26. The van der Waals surface area contributed by atoms with Gasteiger partial charge in [-0.2, -0.15) is 0 Å². The molecule has 0 unspecified atom stereocenters. The number of hydrogen-bond donors (Lipinski definition) is 0. The summed E-state index contributed by atoms with van der Waals surface area (Å²) >= 11 is 0. The van der Waals surface area contributed by atoms with E-state index in [4.69, 9.17) is 0 Å². The molecule has 0 aromatic heterocycles. The summed E-state index contributed by atoms with van der Waals surface area (Å²) in [6.07, 6.45) is 15.3. The third-order valence-electron chi connectivity index (χ3n) is 3.08. The van der Waals surface area contributed by atoms with Crippen molar-refractivity contribution in [3.63, 3.8) is 0 Å². The Morgan fingerprint density at radius 3 is 2.47 bits per heavy atom. The van der Waals surface area contributed by atoms with E-state index in [-0.39, 0.29) is 0 Å². The van der Waals surface area contributed by atoms with Gasteiger partial charge in [-0.25, -0.2) is 0 Å². The number of allylic oxidation sites excluding steroid dienone is 10. The molecule has 19 heavy (non-hydrogen) atoms. The largest absolute Gasteiger partial charge is 0.0990 e. The molecule has 1 aromatic carbocycles. The average molecular weight is 246 g/mol. The Kier molecular flexibility index (Phi) is 4.52. The molecular weight excluding hydrogens is 228 g/mol. The van der Waals surface area contributed by atoms with Gasteiger partial charge in [0.1, 0.15) is 0 Å². The highest BCUT2D eigenvalue weighted by atomic mass is 14.1. The van der Waals surface area contributed by atoms with Crippen LogP contribution in [0.5, 0.6) is 0 Å². The molecule has 1 aliphatic rings. The lowest BCUT2D eigenvalue weighted by Crippen LogP contribution is -1.82. The van der Waals surface area contributed by atoms with Crippen molar-refractivity contribution in [3.8, 4) is 0 Å². The van der Waals surface area contributed by atoms with Crippen LogP contribution in [0.2, 0.25) is 0 Å². The molecule has 0 amide bonds. The molecular formula is C19H18.